The van der Waals surface area contributed by atoms with E-state index in [4.69, 9.17) is 9.84 Å². The second-order valence-corrected chi connectivity index (χ2v) is 14.1. The minimum absolute atomic E-state index is 0.140. The number of aromatic nitrogens is 5. The normalized spacial score (nSPS) is 19.9. The summed E-state index contributed by atoms with van der Waals surface area (Å²) in [7, 11) is 2.14. The van der Waals surface area contributed by atoms with E-state index in [0.717, 1.165) is 83.1 Å². The highest BCUT2D eigenvalue weighted by molar-refractivity contribution is 5.89. The van der Waals surface area contributed by atoms with Crippen molar-refractivity contribution in [3.8, 4) is 11.4 Å². The van der Waals surface area contributed by atoms with Crippen LogP contribution in [0.4, 0.5) is 10.6 Å². The largest absolute Gasteiger partial charge is 0.484 e. The monoisotopic (exact) mass is 632 g/mol. The topological polar surface area (TPSA) is 102 Å². The van der Waals surface area contributed by atoms with Gasteiger partial charge in [-0.1, -0.05) is 57.2 Å². The third-order valence-corrected chi connectivity index (χ3v) is 9.55. The Balaban J connectivity index is 1.10. The van der Waals surface area contributed by atoms with Crippen LogP contribution in [0, 0.1) is 13.8 Å². The number of rotatable bonds is 6. The smallest absolute Gasteiger partial charge is 0.320 e. The maximum atomic E-state index is 13.6. The molecule has 2 aliphatic rings. The minimum atomic E-state index is -0.265. The molecule has 0 saturated carbocycles. The number of pyridine rings is 1. The average molecular weight is 633 g/mol. The van der Waals surface area contributed by atoms with Gasteiger partial charge in [0.15, 0.2) is 11.5 Å². The molecule has 2 aromatic carbocycles. The van der Waals surface area contributed by atoms with Crippen LogP contribution >= 0.6 is 0 Å². The number of carbonyl (C=O) groups excluding carboxylic acids is 1. The van der Waals surface area contributed by atoms with Crippen LogP contribution < -0.4 is 15.4 Å². The number of ether oxygens (including phenoxy) is 1. The van der Waals surface area contributed by atoms with E-state index in [-0.39, 0.29) is 29.6 Å². The Morgan fingerprint density at radius 2 is 1.77 bits per heavy atom. The van der Waals surface area contributed by atoms with Gasteiger partial charge in [0.1, 0.15) is 17.7 Å². The summed E-state index contributed by atoms with van der Waals surface area (Å²) in [4.78, 5) is 15.9. The van der Waals surface area contributed by atoms with Gasteiger partial charge in [0.25, 0.3) is 0 Å². The van der Waals surface area contributed by atoms with Gasteiger partial charge >= 0.3 is 6.03 Å². The van der Waals surface area contributed by atoms with Crippen molar-refractivity contribution in [2.75, 3.05) is 18.9 Å². The van der Waals surface area contributed by atoms with Gasteiger partial charge in [0.05, 0.1) is 29.7 Å². The third kappa shape index (κ3) is 6.10. The molecule has 5 aromatic rings. The Kier molecular flexibility index (Phi) is 8.00. The maximum Gasteiger partial charge on any atom is 0.320 e. The number of hydrogen-bond acceptors (Lipinski definition) is 6. The Bertz CT molecular complexity index is 1940. The molecule has 7 rings (SSSR count). The van der Waals surface area contributed by atoms with E-state index < -0.39 is 0 Å². The van der Waals surface area contributed by atoms with Crippen molar-refractivity contribution in [2.45, 2.75) is 83.9 Å². The molecule has 1 aliphatic carbocycles. The highest BCUT2D eigenvalue weighted by Crippen LogP contribution is 2.39. The molecule has 2 amide bonds. The molecule has 10 heteroatoms. The molecule has 4 heterocycles. The SMILES string of the molecule is Cc1ccc(C)c(-n2nc(C(C)(C)C)cc2NC(=O)N[C@H]2CC[C@@H](Oc3ccc4nnc([C@@H]5CCCN5C)n4c3)c3ccccc32)c1. The number of nitrogens with zero attached hydrogens (tertiary/aromatic N) is 6. The Morgan fingerprint density at radius 1 is 0.957 bits per heavy atom. The third-order valence-electron chi connectivity index (χ3n) is 9.55. The van der Waals surface area contributed by atoms with Crippen molar-refractivity contribution in [2.24, 2.45) is 0 Å². The molecule has 1 aliphatic heterocycles. The van der Waals surface area contributed by atoms with Gasteiger partial charge in [0.2, 0.25) is 0 Å². The van der Waals surface area contributed by atoms with Crippen LogP contribution in [0.25, 0.3) is 11.3 Å². The van der Waals surface area contributed by atoms with Gasteiger partial charge in [-0.15, -0.1) is 10.2 Å². The van der Waals surface area contributed by atoms with Crippen molar-refractivity contribution in [1.29, 1.82) is 0 Å². The molecule has 1 fully saturated rings. The predicted molar refractivity (Wildman–Crippen MR) is 183 cm³/mol. The lowest BCUT2D eigenvalue weighted by Gasteiger charge is -2.32. The van der Waals surface area contributed by atoms with Crippen molar-refractivity contribution < 1.29 is 9.53 Å². The number of aryl methyl sites for hydroxylation is 2. The molecule has 3 atom stereocenters. The van der Waals surface area contributed by atoms with E-state index in [2.05, 4.69) is 102 Å². The Labute approximate surface area is 276 Å². The van der Waals surface area contributed by atoms with Crippen molar-refractivity contribution in [3.63, 3.8) is 0 Å². The van der Waals surface area contributed by atoms with Crippen molar-refractivity contribution in [1.82, 2.24) is 34.6 Å². The van der Waals surface area contributed by atoms with Crippen molar-refractivity contribution in [3.05, 3.63) is 101 Å². The van der Waals surface area contributed by atoms with Crippen LogP contribution in [0.3, 0.4) is 0 Å². The summed E-state index contributed by atoms with van der Waals surface area (Å²) in [5.74, 6) is 2.37. The molecule has 10 nitrogen and oxygen atoms in total. The van der Waals surface area contributed by atoms with E-state index in [1.807, 2.05) is 41.2 Å². The van der Waals surface area contributed by atoms with Gasteiger partial charge in [-0.3, -0.25) is 14.6 Å². The first kappa shape index (κ1) is 30.9. The number of hydrogen-bond donors (Lipinski definition) is 2. The lowest BCUT2D eigenvalue weighted by Crippen LogP contribution is -2.36. The molecule has 2 N–H and O–H groups in total. The molecule has 3 aromatic heterocycles. The molecule has 244 valence electrons. The van der Waals surface area contributed by atoms with E-state index >= 15 is 0 Å². The Morgan fingerprint density at radius 3 is 2.53 bits per heavy atom. The lowest BCUT2D eigenvalue weighted by atomic mass is 9.85. The van der Waals surface area contributed by atoms with Crippen LogP contribution in [-0.4, -0.2) is 48.9 Å². The number of likely N-dealkylation sites (tertiary alicyclic amines) is 1. The van der Waals surface area contributed by atoms with Gasteiger partial charge in [-0.25, -0.2) is 9.48 Å². The maximum absolute atomic E-state index is 13.6. The lowest BCUT2D eigenvalue weighted by molar-refractivity contribution is 0.171. The van der Waals surface area contributed by atoms with Gasteiger partial charge in [-0.2, -0.15) is 5.10 Å². The number of amides is 2. The number of benzene rings is 2. The molecule has 0 radical (unpaired) electrons. The number of anilines is 1. The standard InChI is InChI=1S/C37H44N8O2/c1-23-13-14-24(2)30(20-23)45-34(21-32(42-45)37(3,4)5)39-36(46)38-28-16-17-31(27-11-8-7-10-26(27)28)47-25-15-18-33-40-41-35(44(33)22-25)29-12-9-19-43(29)6/h7-8,10-11,13-15,18,20-22,28-29,31H,9,12,16-17,19H2,1-6H3,(H2,38,39,46)/t28-,29-,31+/m0/s1. The number of urea groups is 1. The highest BCUT2D eigenvalue weighted by atomic mass is 16.5. The fraction of sp³-hybridized carbons (Fsp3) is 0.405. The zero-order valence-corrected chi connectivity index (χ0v) is 28.1. The second kappa shape index (κ2) is 12.2. The van der Waals surface area contributed by atoms with Crippen LogP contribution in [-0.2, 0) is 5.41 Å². The molecule has 0 spiro atoms. The van der Waals surface area contributed by atoms with Crippen LogP contribution in [0.1, 0.15) is 98.4 Å². The summed E-state index contributed by atoms with van der Waals surface area (Å²) in [6.45, 7) is 11.6. The predicted octanol–water partition coefficient (Wildman–Crippen LogP) is 7.37. The van der Waals surface area contributed by atoms with Crippen LogP contribution in [0.5, 0.6) is 5.75 Å². The summed E-state index contributed by atoms with van der Waals surface area (Å²) in [5, 5.41) is 20.2. The quantitative estimate of drug-likeness (QED) is 0.203. The summed E-state index contributed by atoms with van der Waals surface area (Å²) >= 11 is 0. The van der Waals surface area contributed by atoms with E-state index in [1.165, 1.54) is 0 Å². The highest BCUT2D eigenvalue weighted by Gasteiger charge is 2.31. The number of carbonyl (C=O) groups is 1. The average Bonchev–Trinajstić information content (AvgIpc) is 3.77. The molecular formula is C37H44N8O2. The Hall–Kier alpha value is -4.70. The summed E-state index contributed by atoms with van der Waals surface area (Å²) < 4.78 is 10.6. The van der Waals surface area contributed by atoms with E-state index in [0.29, 0.717) is 5.82 Å². The fourth-order valence-corrected chi connectivity index (χ4v) is 6.89. The molecule has 0 unspecified atom stereocenters. The van der Waals surface area contributed by atoms with Gasteiger partial charge in [-0.05, 0) is 93.6 Å². The van der Waals surface area contributed by atoms with Gasteiger partial charge in [0, 0.05) is 11.5 Å². The number of nitrogens with one attached hydrogen (secondary N) is 2. The van der Waals surface area contributed by atoms with Crippen molar-refractivity contribution >= 4 is 17.5 Å². The van der Waals surface area contributed by atoms with E-state index in [9.17, 15) is 4.79 Å². The van der Waals surface area contributed by atoms with E-state index in [1.54, 1.807) is 0 Å². The fourth-order valence-electron chi connectivity index (χ4n) is 6.89. The van der Waals surface area contributed by atoms with Gasteiger partial charge < -0.3 is 10.1 Å². The molecule has 47 heavy (non-hydrogen) atoms. The summed E-state index contributed by atoms with van der Waals surface area (Å²) in [5.41, 5.74) is 6.86. The first-order valence-electron chi connectivity index (χ1n) is 16.6. The van der Waals surface area contributed by atoms with Crippen LogP contribution in [0.2, 0.25) is 0 Å². The molecular weight excluding hydrogens is 588 g/mol. The zero-order valence-electron chi connectivity index (χ0n) is 28.1. The van der Waals surface area contributed by atoms with Crippen LogP contribution in [0.15, 0.2) is 66.9 Å². The zero-order chi connectivity index (χ0) is 32.9. The first-order valence-corrected chi connectivity index (χ1v) is 16.6. The summed E-state index contributed by atoms with van der Waals surface area (Å²) in [6.07, 6.45) is 5.61. The number of fused-ring (bicyclic) bond motifs is 2. The summed E-state index contributed by atoms with van der Waals surface area (Å²) in [6, 6.07) is 20.3. The minimum Gasteiger partial charge on any atom is -0.484 e. The second-order valence-electron chi connectivity index (χ2n) is 14.1. The first-order chi connectivity index (χ1) is 22.5. The molecule has 0 bridgehead atoms. The molecule has 1 saturated heterocycles.